The van der Waals surface area contributed by atoms with Crippen LogP contribution in [0.5, 0.6) is 0 Å². The molecular weight excluding hydrogens is 295 g/mol. The molecular formula is C15H10ClFN2O2. The van der Waals surface area contributed by atoms with Gasteiger partial charge in [0.2, 0.25) is 0 Å². The van der Waals surface area contributed by atoms with Gasteiger partial charge in [-0.1, -0.05) is 29.8 Å². The molecule has 0 aliphatic heterocycles. The van der Waals surface area contributed by atoms with E-state index in [4.69, 9.17) is 27.3 Å². The van der Waals surface area contributed by atoms with Crippen LogP contribution in [0.4, 0.5) is 10.1 Å². The highest BCUT2D eigenvalue weighted by Crippen LogP contribution is 2.23. The van der Waals surface area contributed by atoms with Crippen molar-refractivity contribution in [3.8, 4) is 6.07 Å². The van der Waals surface area contributed by atoms with Crippen LogP contribution < -0.4 is 5.73 Å². The van der Waals surface area contributed by atoms with Crippen molar-refractivity contribution in [3.05, 3.63) is 63.9 Å². The first-order chi connectivity index (χ1) is 10.0. The minimum Gasteiger partial charge on any atom is -0.457 e. The number of halogens is 2. The van der Waals surface area contributed by atoms with Crippen molar-refractivity contribution in [2.45, 2.75) is 6.61 Å². The maximum Gasteiger partial charge on any atom is 0.342 e. The van der Waals surface area contributed by atoms with Crippen molar-refractivity contribution in [2.75, 3.05) is 5.73 Å². The zero-order valence-electron chi connectivity index (χ0n) is 10.8. The van der Waals surface area contributed by atoms with Gasteiger partial charge in [-0.25, -0.2) is 9.18 Å². The number of hydrogen-bond donors (Lipinski definition) is 1. The fourth-order valence-corrected chi connectivity index (χ4v) is 2.01. The molecule has 106 valence electrons. The summed E-state index contributed by atoms with van der Waals surface area (Å²) in [4.78, 5) is 12.0. The number of nitrogens with two attached hydrogens (primary N) is 1. The molecule has 0 spiro atoms. The van der Waals surface area contributed by atoms with Gasteiger partial charge in [-0.15, -0.1) is 0 Å². The highest BCUT2D eigenvalue weighted by atomic mass is 35.5. The van der Waals surface area contributed by atoms with Crippen molar-refractivity contribution >= 4 is 23.3 Å². The third kappa shape index (κ3) is 3.12. The molecule has 0 aliphatic carbocycles. The molecule has 21 heavy (non-hydrogen) atoms. The van der Waals surface area contributed by atoms with E-state index in [1.165, 1.54) is 30.3 Å². The Balaban J connectivity index is 2.18. The molecule has 0 heterocycles. The first kappa shape index (κ1) is 14.8. The molecule has 0 unspecified atom stereocenters. The molecule has 4 nitrogen and oxygen atoms in total. The summed E-state index contributed by atoms with van der Waals surface area (Å²) >= 11 is 5.89. The number of hydrogen-bond acceptors (Lipinski definition) is 4. The van der Waals surface area contributed by atoms with Crippen LogP contribution in [0.2, 0.25) is 5.02 Å². The number of carbonyl (C=O) groups is 1. The molecule has 0 saturated heterocycles. The molecule has 0 radical (unpaired) electrons. The number of benzene rings is 2. The van der Waals surface area contributed by atoms with E-state index in [1.807, 2.05) is 0 Å². The Morgan fingerprint density at radius 3 is 2.71 bits per heavy atom. The average Bonchev–Trinajstić information content (AvgIpc) is 2.46. The Hall–Kier alpha value is -2.58. The Labute approximate surface area is 125 Å². The highest BCUT2D eigenvalue weighted by Gasteiger charge is 2.16. The van der Waals surface area contributed by atoms with E-state index in [-0.39, 0.29) is 34.0 Å². The lowest BCUT2D eigenvalue weighted by molar-refractivity contribution is 0.0470. The van der Waals surface area contributed by atoms with Crippen molar-refractivity contribution in [3.63, 3.8) is 0 Å². The summed E-state index contributed by atoms with van der Waals surface area (Å²) < 4.78 is 18.8. The lowest BCUT2D eigenvalue weighted by Gasteiger charge is -2.09. The predicted octanol–water partition coefficient (Wildman–Crippen LogP) is 3.29. The zero-order valence-corrected chi connectivity index (χ0v) is 11.5. The second kappa shape index (κ2) is 6.25. The van der Waals surface area contributed by atoms with Crippen LogP contribution in [0.15, 0.2) is 36.4 Å². The number of esters is 1. The fraction of sp³-hybridized carbons (Fsp3) is 0.0667. The summed E-state index contributed by atoms with van der Waals surface area (Å²) in [6, 6.07) is 10.6. The Morgan fingerprint density at radius 2 is 2.05 bits per heavy atom. The molecule has 0 aromatic heterocycles. The van der Waals surface area contributed by atoms with Gasteiger partial charge in [0.05, 0.1) is 10.6 Å². The van der Waals surface area contributed by atoms with Crippen LogP contribution in [0.1, 0.15) is 21.5 Å². The van der Waals surface area contributed by atoms with Crippen LogP contribution in [0.3, 0.4) is 0 Å². The molecule has 6 heteroatoms. The smallest absolute Gasteiger partial charge is 0.342 e. The van der Waals surface area contributed by atoms with Crippen LogP contribution in [0, 0.1) is 17.1 Å². The molecule has 2 aromatic rings. The van der Waals surface area contributed by atoms with E-state index in [0.717, 1.165) is 0 Å². The lowest BCUT2D eigenvalue weighted by atomic mass is 10.1. The summed E-state index contributed by atoms with van der Waals surface area (Å²) in [5.41, 5.74) is 5.88. The van der Waals surface area contributed by atoms with Gasteiger partial charge in [0.15, 0.2) is 0 Å². The molecule has 2 aromatic carbocycles. The fourth-order valence-electron chi connectivity index (χ4n) is 1.75. The van der Waals surface area contributed by atoms with Crippen LogP contribution in [-0.2, 0) is 11.3 Å². The third-order valence-electron chi connectivity index (χ3n) is 2.81. The van der Waals surface area contributed by atoms with E-state index in [0.29, 0.717) is 0 Å². The number of nitriles is 1. The summed E-state index contributed by atoms with van der Waals surface area (Å²) in [6.45, 7) is -0.315. The summed E-state index contributed by atoms with van der Waals surface area (Å²) in [6.07, 6.45) is 0. The van der Waals surface area contributed by atoms with Crippen molar-refractivity contribution < 1.29 is 13.9 Å². The largest absolute Gasteiger partial charge is 0.457 e. The predicted molar refractivity (Wildman–Crippen MR) is 76.1 cm³/mol. The van der Waals surface area contributed by atoms with Crippen LogP contribution >= 0.6 is 11.6 Å². The number of ether oxygens (including phenoxy) is 1. The van der Waals surface area contributed by atoms with E-state index in [2.05, 4.69) is 0 Å². The van der Waals surface area contributed by atoms with Gasteiger partial charge >= 0.3 is 5.97 Å². The molecule has 0 fully saturated rings. The van der Waals surface area contributed by atoms with Gasteiger partial charge in [-0.3, -0.25) is 0 Å². The summed E-state index contributed by atoms with van der Waals surface area (Å²) in [7, 11) is 0. The lowest BCUT2D eigenvalue weighted by Crippen LogP contribution is -2.10. The second-order valence-electron chi connectivity index (χ2n) is 4.17. The van der Waals surface area contributed by atoms with Crippen LogP contribution in [-0.4, -0.2) is 5.97 Å². The van der Waals surface area contributed by atoms with E-state index in [9.17, 15) is 9.18 Å². The summed E-state index contributed by atoms with van der Waals surface area (Å²) in [5, 5.41) is 8.90. The molecule has 0 amide bonds. The molecule has 2 rings (SSSR count). The maximum atomic E-state index is 13.8. The van der Waals surface area contributed by atoms with Gasteiger partial charge in [-0.2, -0.15) is 5.26 Å². The standard InChI is InChI=1S/C15H10ClFN2O2/c16-11-5-2-6-12(19)13(11)15(20)21-8-10-4-1-3-9(7-18)14(10)17/h1-6H,8,19H2. The molecule has 0 saturated carbocycles. The first-order valence-electron chi connectivity index (χ1n) is 5.93. The number of nitrogen functional groups attached to an aromatic ring is 1. The van der Waals surface area contributed by atoms with Gasteiger partial charge in [0, 0.05) is 11.3 Å². The number of rotatable bonds is 3. The minimum atomic E-state index is -0.750. The van der Waals surface area contributed by atoms with Gasteiger partial charge in [0.25, 0.3) is 0 Å². The molecule has 0 bridgehead atoms. The first-order valence-corrected chi connectivity index (χ1v) is 6.31. The Morgan fingerprint density at radius 1 is 1.33 bits per heavy atom. The average molecular weight is 305 g/mol. The van der Waals surface area contributed by atoms with Crippen LogP contribution in [0.25, 0.3) is 0 Å². The number of anilines is 1. The van der Waals surface area contributed by atoms with Gasteiger partial charge in [-0.05, 0) is 18.2 Å². The summed E-state index contributed by atoms with van der Waals surface area (Å²) in [5.74, 6) is -1.46. The Kier molecular flexibility index (Phi) is 4.41. The minimum absolute atomic E-state index is 0.0380. The van der Waals surface area contributed by atoms with Gasteiger partial charge in [0.1, 0.15) is 24.1 Å². The SMILES string of the molecule is N#Cc1cccc(COC(=O)c2c(N)cccc2Cl)c1F. The molecule has 2 N–H and O–H groups in total. The highest BCUT2D eigenvalue weighted by molar-refractivity contribution is 6.34. The van der Waals surface area contributed by atoms with E-state index >= 15 is 0 Å². The Bertz CT molecular complexity index is 721. The van der Waals surface area contributed by atoms with Crippen molar-refractivity contribution in [2.24, 2.45) is 0 Å². The molecule has 0 aliphatic rings. The second-order valence-corrected chi connectivity index (χ2v) is 4.58. The third-order valence-corrected chi connectivity index (χ3v) is 3.12. The monoisotopic (exact) mass is 304 g/mol. The van der Waals surface area contributed by atoms with Crippen molar-refractivity contribution in [1.82, 2.24) is 0 Å². The topological polar surface area (TPSA) is 76.1 Å². The number of nitrogens with zero attached hydrogens (tertiary/aromatic N) is 1. The number of carbonyl (C=O) groups excluding carboxylic acids is 1. The maximum absolute atomic E-state index is 13.8. The van der Waals surface area contributed by atoms with Crippen molar-refractivity contribution in [1.29, 1.82) is 5.26 Å². The molecule has 0 atom stereocenters. The van der Waals surface area contributed by atoms with E-state index in [1.54, 1.807) is 12.1 Å². The zero-order chi connectivity index (χ0) is 15.4. The van der Waals surface area contributed by atoms with Gasteiger partial charge < -0.3 is 10.5 Å². The quantitative estimate of drug-likeness (QED) is 0.697. The van der Waals surface area contributed by atoms with E-state index < -0.39 is 11.8 Å². The normalized spacial score (nSPS) is 9.95.